The summed E-state index contributed by atoms with van der Waals surface area (Å²) in [5, 5.41) is 1.92. The predicted molar refractivity (Wildman–Crippen MR) is 311 cm³/mol. The fourth-order valence-electron chi connectivity index (χ4n) is 10.2. The number of ether oxygens (including phenoxy) is 2. The molecule has 0 atom stereocenters. The summed E-state index contributed by atoms with van der Waals surface area (Å²) in [4.78, 5) is 9.34. The van der Waals surface area contributed by atoms with Gasteiger partial charge in [-0.25, -0.2) is 4.98 Å². The average molecular weight is 1180 g/mol. The van der Waals surface area contributed by atoms with Gasteiger partial charge in [-0.05, 0) is 62.9 Å². The average Bonchev–Trinajstić information content (AvgIpc) is 4.23. The molecule has 0 amide bonds. The van der Waals surface area contributed by atoms with Crippen molar-refractivity contribution < 1.29 is 37.4 Å². The first kappa shape index (κ1) is 43.3. The Morgan fingerprint density at radius 2 is 1.10 bits per heavy atom. The number of anilines is 4. The Morgan fingerprint density at radius 3 is 1.81 bits per heavy atom. The van der Waals surface area contributed by atoms with Gasteiger partial charge in [-0.1, -0.05) is 208 Å². The van der Waals surface area contributed by atoms with Crippen molar-refractivity contribution in [3.63, 3.8) is 0 Å². The largest absolute Gasteiger partial charge is 0.509 e. The molecular weight excluding hydrogens is 1120 g/mol. The quantitative estimate of drug-likeness (QED) is 0.121. The molecule has 0 spiro atoms. The third-order valence-electron chi connectivity index (χ3n) is 13.9. The number of para-hydroxylation sites is 5. The maximum Gasteiger partial charge on any atom is 0.143 e. The molecule has 0 fully saturated rings. The fourth-order valence-corrected chi connectivity index (χ4v) is 10.2. The molecule has 3 heterocycles. The van der Waals surface area contributed by atoms with Gasteiger partial charge in [0.1, 0.15) is 17.3 Å². The van der Waals surface area contributed by atoms with E-state index < -0.39 is 18.1 Å². The van der Waals surface area contributed by atoms with Gasteiger partial charge in [0.2, 0.25) is 0 Å². The van der Waals surface area contributed by atoms with E-state index in [0.717, 1.165) is 77.9 Å². The second kappa shape index (κ2) is 20.6. The van der Waals surface area contributed by atoms with E-state index in [1.165, 1.54) is 0 Å². The summed E-state index contributed by atoms with van der Waals surface area (Å²) in [6, 6.07) is 76.4. The van der Waals surface area contributed by atoms with Crippen LogP contribution in [-0.2, 0) is 26.5 Å². The Labute approximate surface area is 471 Å². The summed E-state index contributed by atoms with van der Waals surface area (Å²) in [7, 11) is 0. The summed E-state index contributed by atoms with van der Waals surface area (Å²) in [6.07, 6.45) is 1.68. The number of pyridine rings is 1. The third kappa shape index (κ3) is 9.36. The van der Waals surface area contributed by atoms with E-state index >= 15 is 0 Å². The summed E-state index contributed by atoms with van der Waals surface area (Å²) < 4.78 is 59.2. The van der Waals surface area contributed by atoms with Crippen LogP contribution < -0.4 is 19.3 Å². The summed E-state index contributed by atoms with van der Waals surface area (Å²) >= 11 is 0. The molecule has 0 N–H and O–H groups in total. The van der Waals surface area contributed by atoms with E-state index in [9.17, 15) is 0 Å². The van der Waals surface area contributed by atoms with Crippen molar-refractivity contribution in [3.05, 3.63) is 273 Å². The van der Waals surface area contributed by atoms with Crippen molar-refractivity contribution in [2.24, 2.45) is 0 Å². The zero-order chi connectivity index (χ0) is 55.5. The van der Waals surface area contributed by atoms with Crippen LogP contribution in [0.2, 0.25) is 0 Å². The Morgan fingerprint density at radius 1 is 0.506 bits per heavy atom. The van der Waals surface area contributed by atoms with Crippen LogP contribution in [0, 0.1) is 18.8 Å². The molecule has 77 heavy (non-hydrogen) atoms. The Kier molecular flexibility index (Phi) is 11.6. The fraction of sp³-hybridized carbons (Fsp3) is 0.0571. The molecule has 0 radical (unpaired) electrons. The molecule has 12 aromatic rings. The summed E-state index contributed by atoms with van der Waals surface area (Å²) in [5.74, 6) is 2.25. The number of fused-ring (bicyclic) bond motifs is 4. The van der Waals surface area contributed by atoms with Crippen LogP contribution in [-0.4, -0.2) is 9.55 Å². The van der Waals surface area contributed by atoms with Crippen LogP contribution in [0.4, 0.5) is 22.7 Å². The van der Waals surface area contributed by atoms with E-state index in [2.05, 4.69) is 159 Å². The van der Waals surface area contributed by atoms with Gasteiger partial charge in [0.05, 0.1) is 6.85 Å². The molecular formula is C70H51N4O2Pt-3. The first-order chi connectivity index (χ1) is 39.4. The van der Waals surface area contributed by atoms with Crippen molar-refractivity contribution in [1.82, 2.24) is 9.55 Å². The topological polar surface area (TPSA) is 42.8 Å². The van der Waals surface area contributed by atoms with Gasteiger partial charge in [-0.15, -0.1) is 48.1 Å². The van der Waals surface area contributed by atoms with E-state index in [1.807, 2.05) is 95.6 Å². The number of benzene rings is 10. The SMILES string of the molecule is [2H]c1c([2H])c([2H])c(-c2cccc(-c3ccc(C(C)(C)C)cc3)c2Oc2ccnc(-n3c4[c-]c(Oc5[c-]c(N6[CH-]N(c7c(-c8ccccc8)cccc7-c7ccccc7)c7ccccc76)ccc5)ccc4c4ccccc43)c2)c([2H])c1[2H].[Pt]. The Hall–Kier alpha value is -8.96. The monoisotopic (exact) mass is 1180 g/mol. The zero-order valence-electron chi connectivity index (χ0n) is 47.3. The molecule has 1 aliphatic heterocycles. The Bertz CT molecular complexity index is 4310. The van der Waals surface area contributed by atoms with Crippen LogP contribution >= 0.6 is 0 Å². The van der Waals surface area contributed by atoms with Gasteiger partial charge in [-0.2, -0.15) is 12.1 Å². The Balaban J connectivity index is 0.00000665. The molecule has 0 unspecified atom stereocenters. The first-order valence-corrected chi connectivity index (χ1v) is 25.3. The molecule has 13 rings (SSSR count). The molecule has 0 saturated carbocycles. The molecule has 2 aromatic heterocycles. The van der Waals surface area contributed by atoms with E-state index in [1.54, 1.807) is 18.3 Å². The molecule has 376 valence electrons. The first-order valence-electron chi connectivity index (χ1n) is 27.8. The third-order valence-corrected chi connectivity index (χ3v) is 13.9. The number of aromatic nitrogens is 2. The van der Waals surface area contributed by atoms with Gasteiger partial charge in [0, 0.05) is 89.7 Å². The zero-order valence-corrected chi connectivity index (χ0v) is 44.6. The number of hydrogen-bond donors (Lipinski definition) is 0. The number of hydrogen-bond acceptors (Lipinski definition) is 5. The predicted octanol–water partition coefficient (Wildman–Crippen LogP) is 18.7. The van der Waals surface area contributed by atoms with Crippen molar-refractivity contribution in [3.8, 4) is 73.3 Å². The normalized spacial score (nSPS) is 13.1. The van der Waals surface area contributed by atoms with Crippen LogP contribution in [0.15, 0.2) is 249 Å². The van der Waals surface area contributed by atoms with Crippen LogP contribution in [0.1, 0.15) is 33.2 Å². The van der Waals surface area contributed by atoms with Crippen LogP contribution in [0.25, 0.3) is 72.1 Å². The van der Waals surface area contributed by atoms with E-state index in [-0.39, 0.29) is 44.1 Å². The minimum Gasteiger partial charge on any atom is -0.509 e. The van der Waals surface area contributed by atoms with Crippen molar-refractivity contribution in [1.29, 1.82) is 0 Å². The maximum atomic E-state index is 9.00. The minimum absolute atomic E-state index is 0. The van der Waals surface area contributed by atoms with Crippen LogP contribution in [0.5, 0.6) is 23.0 Å². The van der Waals surface area contributed by atoms with Gasteiger partial charge >= 0.3 is 0 Å². The second-order valence-corrected chi connectivity index (χ2v) is 19.7. The smallest absolute Gasteiger partial charge is 0.143 e. The molecule has 1 aliphatic rings. The van der Waals surface area contributed by atoms with Crippen molar-refractivity contribution in [2.45, 2.75) is 26.2 Å². The number of nitrogens with zero attached hydrogens (tertiary/aromatic N) is 4. The minimum atomic E-state index is -0.467. The molecule has 6 nitrogen and oxygen atoms in total. The van der Waals surface area contributed by atoms with Crippen molar-refractivity contribution in [2.75, 3.05) is 9.80 Å². The van der Waals surface area contributed by atoms with E-state index in [0.29, 0.717) is 39.9 Å². The van der Waals surface area contributed by atoms with Crippen molar-refractivity contribution >= 4 is 44.6 Å². The van der Waals surface area contributed by atoms with Gasteiger partial charge < -0.3 is 23.8 Å². The molecule has 0 saturated heterocycles. The van der Waals surface area contributed by atoms with Crippen LogP contribution in [0.3, 0.4) is 0 Å². The van der Waals surface area contributed by atoms with Gasteiger partial charge in [0.25, 0.3) is 0 Å². The maximum absolute atomic E-state index is 9.00. The van der Waals surface area contributed by atoms with Gasteiger partial charge in [-0.3, -0.25) is 0 Å². The number of rotatable bonds is 11. The molecule has 7 heteroatoms. The summed E-state index contributed by atoms with van der Waals surface area (Å²) in [5.41, 5.74) is 12.9. The van der Waals surface area contributed by atoms with Gasteiger partial charge in [0.15, 0.2) is 0 Å². The summed E-state index contributed by atoms with van der Waals surface area (Å²) in [6.45, 7) is 8.61. The molecule has 0 bridgehead atoms. The molecule has 10 aromatic carbocycles. The molecule has 0 aliphatic carbocycles. The standard InChI is InChI=1S/C70H51N4O2.Pt/c1-70(2,3)52-38-36-51(37-39-52)60-32-19-31-59(50-24-11-6-12-25-50)69(60)76-56-42-43-71-67(46-56)74-63-33-14-13-28-61(63)62-41-40-55(45-66(62)74)75-54-27-17-26-53(44-54)72-47-73(65-35-16-15-34-64(65)72)68-57(48-20-7-4-8-21-48)29-18-30-58(68)49-22-9-5-10-23-49;/h4-43,46-47H,1-3H3;/q-3;/i6D,11D,12D,24D,25D;. The second-order valence-electron chi connectivity index (χ2n) is 19.7. The van der Waals surface area contributed by atoms with E-state index in [4.69, 9.17) is 21.3 Å².